The molecule has 0 saturated carbocycles. The van der Waals surface area contributed by atoms with Crippen LogP contribution < -0.4 is 0 Å². The van der Waals surface area contributed by atoms with Crippen LogP contribution >= 0.6 is 0 Å². The number of fused-ring (bicyclic) bond motifs is 10. The van der Waals surface area contributed by atoms with Crippen molar-refractivity contribution in [2.24, 2.45) is 0 Å². The van der Waals surface area contributed by atoms with Gasteiger partial charge in [0.05, 0.1) is 0 Å². The topological polar surface area (TPSA) is 9.23 Å². The maximum atomic E-state index is 6.72. The van der Waals surface area contributed by atoms with Crippen molar-refractivity contribution in [3.63, 3.8) is 0 Å². The molecule has 1 spiro atoms. The molecule has 15 heavy (non-hydrogen) atoms. The van der Waals surface area contributed by atoms with Gasteiger partial charge < -0.3 is 0 Å². The van der Waals surface area contributed by atoms with E-state index in [0.29, 0.717) is 10.6 Å². The molecule has 0 aromatic rings. The molecule has 4 atom stereocenters. The van der Waals surface area contributed by atoms with Gasteiger partial charge in [0.25, 0.3) is 0 Å². The monoisotopic (exact) mass is 244 g/mol. The number of hydrogen-bond acceptors (Lipinski definition) is 1. The zero-order chi connectivity index (χ0) is 9.30. The molecule has 10 saturated heterocycles. The van der Waals surface area contributed by atoms with Crippen LogP contribution in [0, 0.1) is 0 Å². The summed E-state index contributed by atoms with van der Waals surface area (Å²) in [5.74, 6) is 0. The van der Waals surface area contributed by atoms with Crippen LogP contribution in [0.2, 0.25) is 43.3 Å². The van der Waals surface area contributed by atoms with Crippen LogP contribution in [0.15, 0.2) is 0 Å². The number of hydrogen-bond donors (Lipinski definition) is 0. The third-order valence-corrected chi connectivity index (χ3v) is 56.8. The summed E-state index contributed by atoms with van der Waals surface area (Å²) in [6, 6.07) is 0. The first-order valence-corrected chi connectivity index (χ1v) is 13.1. The predicted molar refractivity (Wildman–Crippen MR) is 52.7 cm³/mol. The Morgan fingerprint density at radius 1 is 0.867 bits per heavy atom. The molecule has 82 valence electrons. The van der Waals surface area contributed by atoms with E-state index in [-0.39, 0.29) is 0 Å². The zero-order valence-electron chi connectivity index (χ0n) is 9.04. The molecule has 2 heteroatoms. The fraction of sp³-hybridized carbons (Fsp3) is 1.00. The Balaban J connectivity index is 1.70. The molecule has 0 N–H and O–H groups in total. The van der Waals surface area contributed by atoms with Crippen molar-refractivity contribution < 1.29 is 11.2 Å². The molecule has 10 fully saturated rings. The molecule has 0 radical (unpaired) electrons. The molecule has 10 heterocycles. The molecular weight excluding hydrogens is 228 g/mol. The summed E-state index contributed by atoms with van der Waals surface area (Å²) >= 11 is 0. The quantitative estimate of drug-likeness (QED) is 0.673. The van der Waals surface area contributed by atoms with E-state index >= 15 is 0 Å². The molecule has 10 aliphatic heterocycles. The summed E-state index contributed by atoms with van der Waals surface area (Å²) in [4.78, 5) is 12.6. The van der Waals surface area contributed by atoms with Gasteiger partial charge in [-0.25, -0.2) is 0 Å². The molecule has 0 aromatic carbocycles. The molecule has 0 aliphatic carbocycles. The first-order chi connectivity index (χ1) is 6.96. The Hall–Kier alpha value is 0.479. The average Bonchev–Trinajstić information content (AvgIpc) is 3.12. The summed E-state index contributed by atoms with van der Waals surface area (Å²) in [6.45, 7) is 1.78. The van der Waals surface area contributed by atoms with Gasteiger partial charge in [-0.3, -0.25) is 0 Å². The Kier molecular flexibility index (Phi) is 0.140. The molecule has 4 unspecified atom stereocenters. The van der Waals surface area contributed by atoms with Gasteiger partial charge in [0.2, 0.25) is 0 Å². The van der Waals surface area contributed by atoms with Gasteiger partial charge in [0.1, 0.15) is 0 Å². The van der Waals surface area contributed by atoms with E-state index in [1.807, 2.05) is 0 Å². The van der Waals surface area contributed by atoms with E-state index in [1.165, 1.54) is 43.3 Å². The maximum absolute atomic E-state index is 6.72. The second-order valence-corrected chi connectivity index (χ2v) is 34.3. The molecule has 0 aromatic heterocycles. The van der Waals surface area contributed by atoms with Gasteiger partial charge in [-0.15, -0.1) is 0 Å². The van der Waals surface area contributed by atoms with Crippen molar-refractivity contribution >= 4 is 0 Å². The normalized spacial score (nSPS) is 134. The minimum atomic E-state index is -2.82. The van der Waals surface area contributed by atoms with E-state index in [2.05, 4.69) is 13.8 Å². The SMILES string of the molecule is CC(C)O[C]12[CH]3[CH]4[CH]5[CH]1[Fe]45321678[CH]2[CH]1[CH]6[CH]7[CH]28. The van der Waals surface area contributed by atoms with E-state index in [9.17, 15) is 0 Å². The minimum absolute atomic E-state index is 0.532. The predicted octanol–water partition coefficient (Wildman–Crippen LogP) is 3.71. The second-order valence-electron chi connectivity index (χ2n) is 10.8. The summed E-state index contributed by atoms with van der Waals surface area (Å²) in [7, 11) is 0. The average molecular weight is 244 g/mol. The Labute approximate surface area is 79.2 Å². The van der Waals surface area contributed by atoms with Crippen molar-refractivity contribution in [2.75, 3.05) is 0 Å². The van der Waals surface area contributed by atoms with Crippen LogP contribution in [0.4, 0.5) is 0 Å². The molecule has 10 aliphatic rings. The molecule has 1 nitrogen and oxygen atoms in total. The van der Waals surface area contributed by atoms with Crippen molar-refractivity contribution in [3.05, 3.63) is 0 Å². The van der Waals surface area contributed by atoms with Crippen LogP contribution in [0.5, 0.6) is 0 Å². The van der Waals surface area contributed by atoms with Gasteiger partial charge in [0.15, 0.2) is 0 Å². The fourth-order valence-corrected chi connectivity index (χ4v) is 89.2. The summed E-state index contributed by atoms with van der Waals surface area (Å²) in [6.07, 6.45) is 0.532. The van der Waals surface area contributed by atoms with Crippen LogP contribution in [0.3, 0.4) is 0 Å². The van der Waals surface area contributed by atoms with Crippen LogP contribution in [-0.4, -0.2) is 10.6 Å². The first kappa shape index (κ1) is 5.42. The van der Waals surface area contributed by atoms with E-state index in [0.717, 1.165) is 0 Å². The van der Waals surface area contributed by atoms with Crippen molar-refractivity contribution in [2.45, 2.75) is 67.8 Å². The summed E-state index contributed by atoms with van der Waals surface area (Å²) < 4.78 is 7.44. The number of ether oxygens (including phenoxy) is 1. The van der Waals surface area contributed by atoms with E-state index < -0.39 is 6.51 Å². The zero-order valence-corrected chi connectivity index (χ0v) is 10.1. The third kappa shape index (κ3) is 0.0472. The van der Waals surface area contributed by atoms with Gasteiger partial charge in [-0.2, -0.15) is 0 Å². The van der Waals surface area contributed by atoms with Gasteiger partial charge in [-0.05, 0) is 0 Å². The van der Waals surface area contributed by atoms with Crippen LogP contribution in [0.1, 0.15) is 13.8 Å². The Bertz CT molecular complexity index is 815. The van der Waals surface area contributed by atoms with Crippen molar-refractivity contribution in [1.82, 2.24) is 0 Å². The molecular formula is C13H16FeO. The fourth-order valence-electron chi connectivity index (χ4n) is 16.6. The van der Waals surface area contributed by atoms with Gasteiger partial charge >= 0.3 is 79.0 Å². The van der Waals surface area contributed by atoms with Gasteiger partial charge in [-0.1, -0.05) is 0 Å². The van der Waals surface area contributed by atoms with Crippen molar-refractivity contribution in [1.29, 1.82) is 0 Å². The molecule has 0 amide bonds. The second kappa shape index (κ2) is 0.387. The van der Waals surface area contributed by atoms with Crippen LogP contribution in [0.25, 0.3) is 0 Å². The van der Waals surface area contributed by atoms with E-state index in [4.69, 9.17) is 4.74 Å². The molecule has 10 rings (SSSR count). The van der Waals surface area contributed by atoms with Crippen molar-refractivity contribution in [3.8, 4) is 0 Å². The van der Waals surface area contributed by atoms with Gasteiger partial charge in [0, 0.05) is 0 Å². The number of rotatable bonds is 2. The Morgan fingerprint density at radius 2 is 1.33 bits per heavy atom. The van der Waals surface area contributed by atoms with Crippen LogP contribution in [-0.2, 0) is 11.2 Å². The first-order valence-electron chi connectivity index (χ1n) is 6.85. The summed E-state index contributed by atoms with van der Waals surface area (Å²) in [5, 5.41) is 0. The van der Waals surface area contributed by atoms with E-state index in [1.54, 1.807) is 0 Å². The summed E-state index contributed by atoms with van der Waals surface area (Å²) in [5.41, 5.74) is 0. The molecule has 0 bridgehead atoms. The standard InChI is InChI=1S/C8H11O.C5H5.Fe/c1-7(2)9-8-5-3-4-6-8;1-2-4-5-3-1;/h3-7H,1-2H3;1-5H;. The third-order valence-electron chi connectivity index (χ3n) is 15.0. The Morgan fingerprint density at radius 3 is 1.53 bits per heavy atom.